The van der Waals surface area contributed by atoms with Crippen LogP contribution in [0.2, 0.25) is 0 Å². The molecule has 0 aromatic rings. The molecule has 1 saturated heterocycles. The Balaban J connectivity index is 2.31. The molecule has 1 rings (SSSR count). The van der Waals surface area contributed by atoms with E-state index >= 15 is 0 Å². The Morgan fingerprint density at radius 3 is 2.79 bits per heavy atom. The van der Waals surface area contributed by atoms with E-state index < -0.39 is 9.84 Å². The number of aliphatic hydroxyl groups excluding tert-OH is 1. The van der Waals surface area contributed by atoms with Gasteiger partial charge in [-0.25, -0.2) is 8.42 Å². The predicted molar refractivity (Wildman–Crippen MR) is 56.0 cm³/mol. The molecule has 0 bridgehead atoms. The predicted octanol–water partition coefficient (Wildman–Crippen LogP) is -0.265. The molecule has 0 saturated carbocycles. The van der Waals surface area contributed by atoms with E-state index in [1.54, 1.807) is 0 Å². The second-order valence-electron chi connectivity index (χ2n) is 4.12. The summed E-state index contributed by atoms with van der Waals surface area (Å²) in [5.74, 6) is 0.564. The Morgan fingerprint density at radius 2 is 2.21 bits per heavy atom. The normalized spacial score (nSPS) is 25.1. The summed E-state index contributed by atoms with van der Waals surface area (Å²) in [6.45, 7) is 2.63. The lowest BCUT2D eigenvalue weighted by Gasteiger charge is -2.31. The fourth-order valence-electron chi connectivity index (χ4n) is 1.80. The summed E-state index contributed by atoms with van der Waals surface area (Å²) in [5, 5.41) is 8.99. The minimum absolute atomic E-state index is 0.218. The number of hydrogen-bond donors (Lipinski definition) is 1. The maximum Gasteiger partial charge on any atom is 0.148 e. The summed E-state index contributed by atoms with van der Waals surface area (Å²) in [6, 6.07) is 0. The van der Waals surface area contributed by atoms with Gasteiger partial charge < -0.3 is 10.0 Å². The lowest BCUT2D eigenvalue weighted by atomic mass is 9.99. The Hall–Kier alpha value is -0.130. The highest BCUT2D eigenvalue weighted by atomic mass is 32.2. The van der Waals surface area contributed by atoms with Crippen molar-refractivity contribution in [2.24, 2.45) is 5.92 Å². The zero-order valence-electron chi connectivity index (χ0n) is 8.65. The van der Waals surface area contributed by atoms with Gasteiger partial charge in [-0.2, -0.15) is 0 Å². The van der Waals surface area contributed by atoms with E-state index in [1.165, 1.54) is 6.26 Å². The summed E-state index contributed by atoms with van der Waals surface area (Å²) < 4.78 is 21.9. The quantitative estimate of drug-likeness (QED) is 0.710. The average molecular weight is 221 g/mol. The molecule has 0 radical (unpaired) electrons. The second kappa shape index (κ2) is 5.09. The van der Waals surface area contributed by atoms with Crippen LogP contribution in [-0.2, 0) is 9.84 Å². The highest BCUT2D eigenvalue weighted by molar-refractivity contribution is 7.90. The molecule has 1 atom stereocenters. The largest absolute Gasteiger partial charge is 0.396 e. The Labute approximate surface area is 85.8 Å². The molecule has 1 aliphatic heterocycles. The van der Waals surface area contributed by atoms with Gasteiger partial charge in [0, 0.05) is 26.0 Å². The van der Waals surface area contributed by atoms with Crippen LogP contribution in [0, 0.1) is 5.92 Å². The Kier molecular flexibility index (Phi) is 4.34. The van der Waals surface area contributed by atoms with E-state index in [0.29, 0.717) is 12.5 Å². The van der Waals surface area contributed by atoms with Gasteiger partial charge >= 0.3 is 0 Å². The molecule has 0 aromatic heterocycles. The van der Waals surface area contributed by atoms with E-state index in [0.717, 1.165) is 25.9 Å². The fourth-order valence-corrected chi connectivity index (χ4v) is 2.39. The van der Waals surface area contributed by atoms with Gasteiger partial charge in [0.1, 0.15) is 9.84 Å². The Morgan fingerprint density at radius 1 is 1.50 bits per heavy atom. The van der Waals surface area contributed by atoms with Crippen molar-refractivity contribution in [3.05, 3.63) is 0 Å². The molecule has 0 amide bonds. The molecular weight excluding hydrogens is 202 g/mol. The minimum atomic E-state index is -2.85. The molecule has 1 fully saturated rings. The van der Waals surface area contributed by atoms with Crippen LogP contribution in [0.1, 0.15) is 12.8 Å². The van der Waals surface area contributed by atoms with Gasteiger partial charge in [0.25, 0.3) is 0 Å². The average Bonchev–Trinajstić information content (AvgIpc) is 2.14. The molecular formula is C9H19NO3S. The number of likely N-dealkylation sites (tertiary alicyclic amines) is 1. The number of rotatable bonds is 4. The number of nitrogens with zero attached hydrogens (tertiary/aromatic N) is 1. The summed E-state index contributed by atoms with van der Waals surface area (Å²) in [4.78, 5) is 2.13. The molecule has 14 heavy (non-hydrogen) atoms. The first-order chi connectivity index (χ1) is 6.51. The maximum absolute atomic E-state index is 10.9. The van der Waals surface area contributed by atoms with Crippen LogP contribution in [0.4, 0.5) is 0 Å². The molecule has 0 spiro atoms. The van der Waals surface area contributed by atoms with Crippen molar-refractivity contribution in [2.75, 3.05) is 38.2 Å². The maximum atomic E-state index is 10.9. The van der Waals surface area contributed by atoms with Crippen molar-refractivity contribution in [1.82, 2.24) is 4.90 Å². The molecule has 1 heterocycles. The van der Waals surface area contributed by atoms with Gasteiger partial charge in [-0.05, 0) is 25.3 Å². The van der Waals surface area contributed by atoms with Crippen LogP contribution in [0.15, 0.2) is 0 Å². The van der Waals surface area contributed by atoms with Gasteiger partial charge in [0.05, 0.1) is 5.75 Å². The first-order valence-electron chi connectivity index (χ1n) is 5.02. The number of aliphatic hydroxyl groups is 1. The SMILES string of the molecule is CS(=O)(=O)CCN1CCCC(CO)C1. The monoisotopic (exact) mass is 221 g/mol. The highest BCUT2D eigenvalue weighted by Crippen LogP contribution is 2.15. The first-order valence-corrected chi connectivity index (χ1v) is 7.08. The van der Waals surface area contributed by atoms with Crippen molar-refractivity contribution in [3.8, 4) is 0 Å². The summed E-state index contributed by atoms with van der Waals surface area (Å²) in [5.41, 5.74) is 0. The van der Waals surface area contributed by atoms with Gasteiger partial charge in [0.2, 0.25) is 0 Å². The van der Waals surface area contributed by atoms with E-state index in [4.69, 9.17) is 5.11 Å². The molecule has 4 nitrogen and oxygen atoms in total. The Bertz CT molecular complexity index is 263. The van der Waals surface area contributed by atoms with E-state index in [1.807, 2.05) is 0 Å². The molecule has 1 unspecified atom stereocenters. The van der Waals surface area contributed by atoms with Gasteiger partial charge in [-0.15, -0.1) is 0 Å². The van der Waals surface area contributed by atoms with Crippen molar-refractivity contribution >= 4 is 9.84 Å². The molecule has 0 aliphatic carbocycles. The van der Waals surface area contributed by atoms with Gasteiger partial charge in [0.15, 0.2) is 0 Å². The molecule has 1 aliphatic rings. The van der Waals surface area contributed by atoms with Gasteiger partial charge in [-0.3, -0.25) is 0 Å². The molecule has 0 aromatic carbocycles. The summed E-state index contributed by atoms with van der Waals surface area (Å²) in [7, 11) is -2.85. The van der Waals surface area contributed by atoms with E-state index in [9.17, 15) is 8.42 Å². The first kappa shape index (κ1) is 11.9. The lowest BCUT2D eigenvalue weighted by molar-refractivity contribution is 0.125. The van der Waals surface area contributed by atoms with Crippen LogP contribution >= 0.6 is 0 Å². The lowest BCUT2D eigenvalue weighted by Crippen LogP contribution is -2.39. The number of sulfone groups is 1. The highest BCUT2D eigenvalue weighted by Gasteiger charge is 2.19. The standard InChI is InChI=1S/C9H19NO3S/c1-14(12,13)6-5-10-4-2-3-9(7-10)8-11/h9,11H,2-8H2,1H3. The number of hydrogen-bond acceptors (Lipinski definition) is 4. The van der Waals surface area contributed by atoms with Gasteiger partial charge in [-0.1, -0.05) is 0 Å². The van der Waals surface area contributed by atoms with Crippen molar-refractivity contribution in [1.29, 1.82) is 0 Å². The second-order valence-corrected chi connectivity index (χ2v) is 6.38. The number of piperidine rings is 1. The summed E-state index contributed by atoms with van der Waals surface area (Å²) >= 11 is 0. The molecule has 84 valence electrons. The topological polar surface area (TPSA) is 57.6 Å². The zero-order valence-corrected chi connectivity index (χ0v) is 9.46. The van der Waals surface area contributed by atoms with Crippen LogP contribution in [0.25, 0.3) is 0 Å². The third kappa shape index (κ3) is 4.39. The third-order valence-electron chi connectivity index (χ3n) is 2.64. The molecule has 5 heteroatoms. The van der Waals surface area contributed by atoms with Crippen LogP contribution in [-0.4, -0.2) is 56.7 Å². The van der Waals surface area contributed by atoms with Crippen molar-refractivity contribution in [2.45, 2.75) is 12.8 Å². The van der Waals surface area contributed by atoms with Crippen LogP contribution in [0.5, 0.6) is 0 Å². The minimum Gasteiger partial charge on any atom is -0.396 e. The third-order valence-corrected chi connectivity index (χ3v) is 3.56. The van der Waals surface area contributed by atoms with Crippen LogP contribution < -0.4 is 0 Å². The smallest absolute Gasteiger partial charge is 0.148 e. The fraction of sp³-hybridized carbons (Fsp3) is 1.00. The molecule has 1 N–H and O–H groups in total. The van der Waals surface area contributed by atoms with E-state index in [-0.39, 0.29) is 12.4 Å². The van der Waals surface area contributed by atoms with Crippen LogP contribution in [0.3, 0.4) is 0 Å². The van der Waals surface area contributed by atoms with Crippen molar-refractivity contribution < 1.29 is 13.5 Å². The van der Waals surface area contributed by atoms with E-state index in [2.05, 4.69) is 4.90 Å². The summed E-state index contributed by atoms with van der Waals surface area (Å²) in [6.07, 6.45) is 3.39. The van der Waals surface area contributed by atoms with Crippen molar-refractivity contribution in [3.63, 3.8) is 0 Å². The zero-order chi connectivity index (χ0) is 10.6.